The summed E-state index contributed by atoms with van der Waals surface area (Å²) in [5, 5.41) is 3.04. The maximum absolute atomic E-state index is 12.5. The molecule has 0 saturated carbocycles. The van der Waals surface area contributed by atoms with Crippen LogP contribution in [0.2, 0.25) is 0 Å². The SMILES string of the molecule is COc1ccc(CCC(=O)O[C@H](C)C(=O)N[C@H]2CCCc3ccccc32)cc1. The molecule has 0 radical (unpaired) electrons. The minimum absolute atomic E-state index is 0.0158. The predicted molar refractivity (Wildman–Crippen MR) is 107 cm³/mol. The van der Waals surface area contributed by atoms with Crippen LogP contribution in [0.25, 0.3) is 0 Å². The standard InChI is InChI=1S/C23H27NO4/c1-16(28-22(25)15-12-17-10-13-19(27-2)14-11-17)23(26)24-21-9-5-7-18-6-3-4-8-20(18)21/h3-4,6,8,10-11,13-14,16,21H,5,7,9,12,15H2,1-2H3,(H,24,26)/t16-,21+/m1/s1. The molecule has 0 heterocycles. The van der Waals surface area contributed by atoms with Gasteiger partial charge in [-0.15, -0.1) is 0 Å². The van der Waals surface area contributed by atoms with Gasteiger partial charge in [-0.2, -0.15) is 0 Å². The Balaban J connectivity index is 1.48. The minimum atomic E-state index is -0.808. The molecule has 5 heteroatoms. The van der Waals surface area contributed by atoms with Crippen LogP contribution in [0.3, 0.4) is 0 Å². The topological polar surface area (TPSA) is 64.6 Å². The average molecular weight is 381 g/mol. The molecule has 5 nitrogen and oxygen atoms in total. The number of methoxy groups -OCH3 is 1. The zero-order chi connectivity index (χ0) is 19.9. The minimum Gasteiger partial charge on any atom is -0.497 e. The first-order valence-corrected chi connectivity index (χ1v) is 9.77. The number of rotatable bonds is 7. The fraction of sp³-hybridized carbons (Fsp3) is 0.391. The number of fused-ring (bicyclic) bond motifs is 1. The molecule has 0 saturated heterocycles. The number of esters is 1. The number of hydrogen-bond acceptors (Lipinski definition) is 4. The molecule has 0 fully saturated rings. The zero-order valence-corrected chi connectivity index (χ0v) is 16.4. The van der Waals surface area contributed by atoms with Crippen molar-refractivity contribution in [2.24, 2.45) is 0 Å². The molecule has 0 unspecified atom stereocenters. The Morgan fingerprint density at radius 3 is 2.64 bits per heavy atom. The van der Waals surface area contributed by atoms with Gasteiger partial charge in [0, 0.05) is 6.42 Å². The molecule has 148 valence electrons. The van der Waals surface area contributed by atoms with Gasteiger partial charge in [-0.1, -0.05) is 36.4 Å². The third-order valence-electron chi connectivity index (χ3n) is 5.14. The molecule has 1 amide bonds. The van der Waals surface area contributed by atoms with Crippen LogP contribution in [0, 0.1) is 0 Å². The first-order valence-electron chi connectivity index (χ1n) is 9.77. The number of carbonyl (C=O) groups is 2. The highest BCUT2D eigenvalue weighted by Crippen LogP contribution is 2.29. The Bertz CT molecular complexity index is 816. The van der Waals surface area contributed by atoms with Crippen LogP contribution in [-0.4, -0.2) is 25.1 Å². The van der Waals surface area contributed by atoms with Crippen molar-refractivity contribution >= 4 is 11.9 Å². The van der Waals surface area contributed by atoms with Gasteiger partial charge in [0.15, 0.2) is 6.10 Å². The lowest BCUT2D eigenvalue weighted by atomic mass is 9.87. The number of ether oxygens (including phenoxy) is 2. The number of hydrogen-bond donors (Lipinski definition) is 1. The highest BCUT2D eigenvalue weighted by Gasteiger charge is 2.25. The second-order valence-corrected chi connectivity index (χ2v) is 7.13. The Morgan fingerprint density at radius 1 is 1.14 bits per heavy atom. The predicted octanol–water partition coefficient (Wildman–Crippen LogP) is 3.75. The van der Waals surface area contributed by atoms with Crippen molar-refractivity contribution in [1.82, 2.24) is 5.32 Å². The van der Waals surface area contributed by atoms with E-state index in [4.69, 9.17) is 9.47 Å². The van der Waals surface area contributed by atoms with E-state index in [1.165, 1.54) is 11.1 Å². The van der Waals surface area contributed by atoms with Gasteiger partial charge in [-0.25, -0.2) is 0 Å². The maximum Gasteiger partial charge on any atom is 0.306 e. The van der Waals surface area contributed by atoms with E-state index in [1.54, 1.807) is 14.0 Å². The molecule has 3 rings (SSSR count). The van der Waals surface area contributed by atoms with E-state index in [-0.39, 0.29) is 24.3 Å². The average Bonchev–Trinajstić information content (AvgIpc) is 2.73. The van der Waals surface area contributed by atoms with Crippen LogP contribution >= 0.6 is 0 Å². The summed E-state index contributed by atoms with van der Waals surface area (Å²) in [5.41, 5.74) is 3.47. The van der Waals surface area contributed by atoms with E-state index in [1.807, 2.05) is 36.4 Å². The molecular weight excluding hydrogens is 354 g/mol. The van der Waals surface area contributed by atoms with Crippen molar-refractivity contribution in [1.29, 1.82) is 0 Å². The highest BCUT2D eigenvalue weighted by molar-refractivity contribution is 5.83. The molecule has 2 atom stereocenters. The number of benzene rings is 2. The highest BCUT2D eigenvalue weighted by atomic mass is 16.5. The van der Waals surface area contributed by atoms with E-state index >= 15 is 0 Å². The molecule has 2 aromatic carbocycles. The van der Waals surface area contributed by atoms with E-state index in [0.717, 1.165) is 30.6 Å². The van der Waals surface area contributed by atoms with Gasteiger partial charge in [-0.3, -0.25) is 9.59 Å². The maximum atomic E-state index is 12.5. The molecule has 2 aromatic rings. The molecule has 0 aromatic heterocycles. The van der Waals surface area contributed by atoms with Crippen LogP contribution < -0.4 is 10.1 Å². The van der Waals surface area contributed by atoms with Crippen LogP contribution in [0.5, 0.6) is 5.75 Å². The third-order valence-corrected chi connectivity index (χ3v) is 5.14. The van der Waals surface area contributed by atoms with E-state index < -0.39 is 6.10 Å². The number of amides is 1. The van der Waals surface area contributed by atoms with Gasteiger partial charge in [-0.05, 0) is 61.4 Å². The lowest BCUT2D eigenvalue weighted by Gasteiger charge is -2.27. The van der Waals surface area contributed by atoms with Crippen LogP contribution in [-0.2, 0) is 27.2 Å². The van der Waals surface area contributed by atoms with E-state index in [9.17, 15) is 9.59 Å². The summed E-state index contributed by atoms with van der Waals surface area (Å²) in [7, 11) is 1.62. The molecule has 1 N–H and O–H groups in total. The summed E-state index contributed by atoms with van der Waals surface area (Å²) >= 11 is 0. The normalized spacial score (nSPS) is 16.6. The van der Waals surface area contributed by atoms with Crippen molar-refractivity contribution in [3.8, 4) is 5.75 Å². The summed E-state index contributed by atoms with van der Waals surface area (Å²) in [6.45, 7) is 1.62. The lowest BCUT2D eigenvalue weighted by Crippen LogP contribution is -2.39. The smallest absolute Gasteiger partial charge is 0.306 e. The number of nitrogens with one attached hydrogen (secondary N) is 1. The fourth-order valence-electron chi connectivity index (χ4n) is 3.54. The monoisotopic (exact) mass is 381 g/mol. The number of carbonyl (C=O) groups excluding carboxylic acids is 2. The Kier molecular flexibility index (Phi) is 6.69. The van der Waals surface area contributed by atoms with Gasteiger partial charge in [0.05, 0.1) is 13.2 Å². The van der Waals surface area contributed by atoms with E-state index in [2.05, 4.69) is 17.4 Å². The van der Waals surface area contributed by atoms with Crippen molar-refractivity contribution in [3.05, 3.63) is 65.2 Å². The molecule has 28 heavy (non-hydrogen) atoms. The summed E-state index contributed by atoms with van der Waals surface area (Å²) in [5.74, 6) is 0.155. The summed E-state index contributed by atoms with van der Waals surface area (Å²) < 4.78 is 10.5. The zero-order valence-electron chi connectivity index (χ0n) is 16.4. The van der Waals surface area contributed by atoms with Gasteiger partial charge in [0.2, 0.25) is 0 Å². The molecule has 0 spiro atoms. The Morgan fingerprint density at radius 2 is 1.89 bits per heavy atom. The molecule has 1 aliphatic carbocycles. The van der Waals surface area contributed by atoms with Crippen molar-refractivity contribution in [3.63, 3.8) is 0 Å². The second kappa shape index (κ2) is 9.40. The van der Waals surface area contributed by atoms with Crippen molar-refractivity contribution in [2.45, 2.75) is 51.2 Å². The largest absolute Gasteiger partial charge is 0.497 e. The summed E-state index contributed by atoms with van der Waals surface area (Å²) in [6.07, 6.45) is 2.97. The fourth-order valence-corrected chi connectivity index (χ4v) is 3.54. The quantitative estimate of drug-likeness (QED) is 0.742. The molecule has 1 aliphatic rings. The third kappa shape index (κ3) is 5.12. The van der Waals surface area contributed by atoms with Gasteiger partial charge in [0.1, 0.15) is 5.75 Å². The molecule has 0 bridgehead atoms. The molecular formula is C23H27NO4. The summed E-state index contributed by atoms with van der Waals surface area (Å²) in [4.78, 5) is 24.6. The Labute approximate surface area is 166 Å². The van der Waals surface area contributed by atoms with Crippen LogP contribution in [0.4, 0.5) is 0 Å². The van der Waals surface area contributed by atoms with Crippen molar-refractivity contribution < 1.29 is 19.1 Å². The van der Waals surface area contributed by atoms with Crippen LogP contribution in [0.15, 0.2) is 48.5 Å². The van der Waals surface area contributed by atoms with E-state index in [0.29, 0.717) is 6.42 Å². The van der Waals surface area contributed by atoms with Gasteiger partial charge >= 0.3 is 5.97 Å². The first kappa shape index (κ1) is 19.9. The second-order valence-electron chi connectivity index (χ2n) is 7.13. The van der Waals surface area contributed by atoms with Crippen LogP contribution in [0.1, 0.15) is 48.9 Å². The first-order chi connectivity index (χ1) is 13.6. The van der Waals surface area contributed by atoms with Gasteiger partial charge < -0.3 is 14.8 Å². The molecule has 0 aliphatic heterocycles. The lowest BCUT2D eigenvalue weighted by molar-refractivity contribution is -0.155. The summed E-state index contributed by atoms with van der Waals surface area (Å²) in [6, 6.07) is 15.7. The Hall–Kier alpha value is -2.82. The van der Waals surface area contributed by atoms with Crippen molar-refractivity contribution in [2.75, 3.05) is 7.11 Å². The number of aryl methyl sites for hydroxylation is 2. The van der Waals surface area contributed by atoms with Gasteiger partial charge in [0.25, 0.3) is 5.91 Å².